The second-order valence-electron chi connectivity index (χ2n) is 8.12. The first-order valence-corrected chi connectivity index (χ1v) is 10.8. The molecule has 1 atom stereocenters. The molecule has 1 unspecified atom stereocenters. The van der Waals surface area contributed by atoms with Gasteiger partial charge in [0.1, 0.15) is 6.10 Å². The van der Waals surface area contributed by atoms with Crippen LogP contribution in [0.4, 0.5) is 0 Å². The number of guanidine groups is 1. The van der Waals surface area contributed by atoms with Gasteiger partial charge in [-0.3, -0.25) is 4.99 Å². The smallest absolute Gasteiger partial charge is 0.194 e. The Bertz CT molecular complexity index is 1030. The Morgan fingerprint density at radius 2 is 2.03 bits per heavy atom. The van der Waals surface area contributed by atoms with E-state index in [0.29, 0.717) is 6.61 Å². The van der Waals surface area contributed by atoms with Crippen LogP contribution in [0.1, 0.15) is 33.9 Å². The average molecular weight is 545 g/mol. The van der Waals surface area contributed by atoms with Crippen LogP contribution in [0.15, 0.2) is 66.2 Å². The Hall–Kier alpha value is -2.39. The molecule has 0 spiro atoms. The Kier molecular flexibility index (Phi) is 8.69. The number of nitrogens with one attached hydrogen (secondary N) is 1. The number of aryl methyl sites for hydroxylation is 2. The van der Waals surface area contributed by atoms with Gasteiger partial charge in [-0.2, -0.15) is 0 Å². The number of aliphatic imine (C=N–C) groups is 1. The van der Waals surface area contributed by atoms with Gasteiger partial charge in [0, 0.05) is 39.1 Å². The molecular weight excluding hydrogens is 513 g/mol. The zero-order chi connectivity index (χ0) is 21.6. The van der Waals surface area contributed by atoms with Gasteiger partial charge in [-0.1, -0.05) is 48.0 Å². The fourth-order valence-electron chi connectivity index (χ4n) is 4.16. The summed E-state index contributed by atoms with van der Waals surface area (Å²) >= 11 is 0. The van der Waals surface area contributed by atoms with E-state index in [9.17, 15) is 0 Å². The van der Waals surface area contributed by atoms with Crippen LogP contribution < -0.4 is 5.32 Å². The minimum absolute atomic E-state index is 0. The van der Waals surface area contributed by atoms with Crippen LogP contribution in [0.2, 0.25) is 0 Å². The maximum absolute atomic E-state index is 6.11. The monoisotopic (exact) mass is 545 g/mol. The van der Waals surface area contributed by atoms with Crippen LogP contribution in [-0.2, 0) is 17.8 Å². The largest absolute Gasteiger partial charge is 0.370 e. The Morgan fingerprint density at radius 3 is 2.78 bits per heavy atom. The fraction of sp³-hybridized carbons (Fsp3) is 0.360. The van der Waals surface area contributed by atoms with Crippen molar-refractivity contribution >= 4 is 29.9 Å². The molecule has 4 rings (SSSR count). The maximum Gasteiger partial charge on any atom is 0.194 e. The van der Waals surface area contributed by atoms with E-state index in [-0.39, 0.29) is 30.1 Å². The van der Waals surface area contributed by atoms with Gasteiger partial charge in [0.15, 0.2) is 5.96 Å². The molecule has 2 aromatic carbocycles. The normalized spacial score (nSPS) is 16.5. The summed E-state index contributed by atoms with van der Waals surface area (Å²) in [6, 6.07) is 15.2. The number of imidazole rings is 1. The molecule has 6 nitrogen and oxygen atoms in total. The van der Waals surface area contributed by atoms with E-state index in [1.807, 2.05) is 25.8 Å². The molecule has 0 amide bonds. The maximum atomic E-state index is 6.11. The average Bonchev–Trinajstić information content (AvgIpc) is 3.28. The van der Waals surface area contributed by atoms with Crippen molar-refractivity contribution in [2.75, 3.05) is 26.7 Å². The van der Waals surface area contributed by atoms with Crippen molar-refractivity contribution in [3.8, 4) is 0 Å². The molecule has 7 heteroatoms. The predicted octanol–water partition coefficient (Wildman–Crippen LogP) is 4.32. The van der Waals surface area contributed by atoms with Crippen LogP contribution in [-0.4, -0.2) is 47.2 Å². The lowest BCUT2D eigenvalue weighted by Crippen LogP contribution is -2.48. The van der Waals surface area contributed by atoms with E-state index < -0.39 is 0 Å². The van der Waals surface area contributed by atoms with Crippen LogP contribution in [0.25, 0.3) is 0 Å². The third-order valence-corrected chi connectivity index (χ3v) is 5.72. The van der Waals surface area contributed by atoms with Crippen molar-refractivity contribution < 1.29 is 4.74 Å². The minimum Gasteiger partial charge on any atom is -0.370 e. The highest BCUT2D eigenvalue weighted by molar-refractivity contribution is 14.0. The SMILES string of the molecule is CN=C(NCc1cccc(Cn2ccnc2)c1)N1CCOC(c2ccc(C)cc2C)C1.I. The van der Waals surface area contributed by atoms with E-state index in [2.05, 4.69) is 81.1 Å². The van der Waals surface area contributed by atoms with Gasteiger partial charge >= 0.3 is 0 Å². The van der Waals surface area contributed by atoms with Crippen LogP contribution in [0, 0.1) is 13.8 Å². The molecule has 0 radical (unpaired) electrons. The van der Waals surface area contributed by atoms with E-state index >= 15 is 0 Å². The summed E-state index contributed by atoms with van der Waals surface area (Å²) in [6.45, 7) is 8.17. The molecule has 2 heterocycles. The summed E-state index contributed by atoms with van der Waals surface area (Å²) in [5.74, 6) is 0.915. The second kappa shape index (κ2) is 11.5. The quantitative estimate of drug-likeness (QED) is 0.295. The topological polar surface area (TPSA) is 54.7 Å². The van der Waals surface area contributed by atoms with Gasteiger partial charge in [0.2, 0.25) is 0 Å². The number of morpholine rings is 1. The van der Waals surface area contributed by atoms with Crippen molar-refractivity contribution in [1.29, 1.82) is 0 Å². The van der Waals surface area contributed by atoms with E-state index in [1.165, 1.54) is 27.8 Å². The Morgan fingerprint density at radius 1 is 1.19 bits per heavy atom. The fourth-order valence-corrected chi connectivity index (χ4v) is 4.16. The molecule has 1 N–H and O–H groups in total. The number of aromatic nitrogens is 2. The Balaban J connectivity index is 0.00000289. The molecule has 3 aromatic rings. The lowest BCUT2D eigenvalue weighted by atomic mass is 10.00. The number of halogens is 1. The minimum atomic E-state index is 0. The molecule has 32 heavy (non-hydrogen) atoms. The molecular formula is C25H32IN5O. The molecule has 0 saturated carbocycles. The first-order chi connectivity index (χ1) is 15.1. The van der Waals surface area contributed by atoms with Crippen molar-refractivity contribution in [3.05, 3.63) is 89.0 Å². The summed E-state index contributed by atoms with van der Waals surface area (Å²) in [6.07, 6.45) is 5.70. The van der Waals surface area contributed by atoms with E-state index in [1.54, 1.807) is 0 Å². The van der Waals surface area contributed by atoms with Gasteiger partial charge in [-0.15, -0.1) is 24.0 Å². The molecule has 170 valence electrons. The highest BCUT2D eigenvalue weighted by atomic mass is 127. The summed E-state index contributed by atoms with van der Waals surface area (Å²) in [7, 11) is 1.85. The van der Waals surface area contributed by atoms with Crippen molar-refractivity contribution in [2.24, 2.45) is 4.99 Å². The highest BCUT2D eigenvalue weighted by Crippen LogP contribution is 2.26. The molecule has 1 fully saturated rings. The van der Waals surface area contributed by atoms with E-state index in [0.717, 1.165) is 32.1 Å². The number of nitrogens with zero attached hydrogens (tertiary/aromatic N) is 4. The van der Waals surface area contributed by atoms with Crippen LogP contribution >= 0.6 is 24.0 Å². The summed E-state index contributed by atoms with van der Waals surface area (Å²) in [4.78, 5) is 11.0. The summed E-state index contributed by atoms with van der Waals surface area (Å²) in [5, 5.41) is 3.54. The number of benzene rings is 2. The van der Waals surface area contributed by atoms with Crippen molar-refractivity contribution in [2.45, 2.75) is 33.0 Å². The van der Waals surface area contributed by atoms with Crippen molar-refractivity contribution in [3.63, 3.8) is 0 Å². The lowest BCUT2D eigenvalue weighted by Gasteiger charge is -2.36. The Labute approximate surface area is 207 Å². The third-order valence-electron chi connectivity index (χ3n) is 5.72. The second-order valence-corrected chi connectivity index (χ2v) is 8.12. The molecule has 1 aromatic heterocycles. The number of ether oxygens (including phenoxy) is 1. The lowest BCUT2D eigenvalue weighted by molar-refractivity contribution is -0.00834. The number of hydrogen-bond donors (Lipinski definition) is 1. The van der Waals surface area contributed by atoms with E-state index in [4.69, 9.17) is 4.74 Å². The van der Waals surface area contributed by atoms with Crippen molar-refractivity contribution in [1.82, 2.24) is 19.8 Å². The zero-order valence-electron chi connectivity index (χ0n) is 19.0. The number of rotatable bonds is 5. The third kappa shape index (κ3) is 6.10. The van der Waals surface area contributed by atoms with Gasteiger partial charge in [0.05, 0.1) is 19.5 Å². The molecule has 0 aliphatic carbocycles. The molecule has 1 aliphatic heterocycles. The first kappa shape index (κ1) is 24.3. The standard InChI is InChI=1S/C25H31N5O.HI/c1-19-7-8-23(20(2)13-19)24-17-30(11-12-31-24)25(26-3)28-15-21-5-4-6-22(14-21)16-29-10-9-27-18-29;/h4-10,13-14,18,24H,11-12,15-17H2,1-3H3,(H,26,28);1H. The van der Waals surface area contributed by atoms with Gasteiger partial charge < -0.3 is 19.5 Å². The van der Waals surface area contributed by atoms with Crippen LogP contribution in [0.5, 0.6) is 0 Å². The van der Waals surface area contributed by atoms with Gasteiger partial charge in [-0.25, -0.2) is 4.98 Å². The molecule has 1 saturated heterocycles. The summed E-state index contributed by atoms with van der Waals surface area (Å²) < 4.78 is 8.18. The summed E-state index contributed by atoms with van der Waals surface area (Å²) in [5.41, 5.74) is 6.32. The molecule has 0 bridgehead atoms. The first-order valence-electron chi connectivity index (χ1n) is 10.8. The molecule has 1 aliphatic rings. The van der Waals surface area contributed by atoms with Gasteiger partial charge in [-0.05, 0) is 36.1 Å². The van der Waals surface area contributed by atoms with Gasteiger partial charge in [0.25, 0.3) is 0 Å². The zero-order valence-corrected chi connectivity index (χ0v) is 21.3. The predicted molar refractivity (Wildman–Crippen MR) is 140 cm³/mol. The highest BCUT2D eigenvalue weighted by Gasteiger charge is 2.25. The number of hydrogen-bond acceptors (Lipinski definition) is 3. The van der Waals surface area contributed by atoms with Crippen LogP contribution in [0.3, 0.4) is 0 Å².